The van der Waals surface area contributed by atoms with Gasteiger partial charge in [-0.3, -0.25) is 9.59 Å². The van der Waals surface area contributed by atoms with Crippen LogP contribution >= 0.6 is 23.1 Å². The van der Waals surface area contributed by atoms with E-state index >= 15 is 0 Å². The van der Waals surface area contributed by atoms with E-state index < -0.39 is 11.2 Å². The summed E-state index contributed by atoms with van der Waals surface area (Å²) in [7, 11) is 0. The maximum absolute atomic E-state index is 11.6. The van der Waals surface area contributed by atoms with Gasteiger partial charge in [-0.05, 0) is 12.8 Å². The summed E-state index contributed by atoms with van der Waals surface area (Å²) in [5.74, 6) is -0.995. The zero-order valence-electron chi connectivity index (χ0n) is 10.5. The van der Waals surface area contributed by atoms with Crippen molar-refractivity contribution >= 4 is 40.1 Å². The average Bonchev–Trinajstić information content (AvgIpc) is 2.62. The molecule has 0 aromatic carbocycles. The number of carboxylic acids is 1. The van der Waals surface area contributed by atoms with Crippen molar-refractivity contribution in [3.05, 3.63) is 11.1 Å². The zero-order valence-corrected chi connectivity index (χ0v) is 12.1. The van der Waals surface area contributed by atoms with E-state index in [4.69, 9.17) is 5.11 Å². The number of carbonyl (C=O) groups excluding carboxylic acids is 1. The topological polar surface area (TPSA) is 79.3 Å². The summed E-state index contributed by atoms with van der Waals surface area (Å²) in [5.41, 5.74) is 0.855. The molecule has 0 bridgehead atoms. The van der Waals surface area contributed by atoms with Gasteiger partial charge in [0, 0.05) is 5.38 Å². The first-order valence-electron chi connectivity index (χ1n) is 5.46. The Labute approximate surface area is 114 Å². The standard InChI is InChI=1S/C11H16N2O3S2/c1-6(2)9(10(15)16)17-5-8(14)13-11-12-7(3)4-18-11/h4,6,9H,5H2,1-3H3,(H,15,16)(H,12,13,14). The molecule has 0 aliphatic carbocycles. The highest BCUT2D eigenvalue weighted by Crippen LogP contribution is 2.20. The predicted octanol–water partition coefficient (Wildman–Crippen LogP) is 2.23. The second-order valence-electron chi connectivity index (χ2n) is 4.16. The number of aliphatic carboxylic acids is 1. The van der Waals surface area contributed by atoms with Crippen LogP contribution in [0.5, 0.6) is 0 Å². The van der Waals surface area contributed by atoms with Crippen LogP contribution in [0.25, 0.3) is 0 Å². The normalized spacial score (nSPS) is 12.4. The largest absolute Gasteiger partial charge is 0.480 e. The molecule has 100 valence electrons. The molecule has 0 radical (unpaired) electrons. The molecule has 18 heavy (non-hydrogen) atoms. The Bertz CT molecular complexity index is 432. The van der Waals surface area contributed by atoms with Crippen LogP contribution in [-0.4, -0.2) is 33.0 Å². The predicted molar refractivity (Wildman–Crippen MR) is 74.2 cm³/mol. The van der Waals surface area contributed by atoms with Crippen LogP contribution in [0.3, 0.4) is 0 Å². The van der Waals surface area contributed by atoms with Crippen LogP contribution in [0, 0.1) is 12.8 Å². The number of hydrogen-bond donors (Lipinski definition) is 2. The van der Waals surface area contributed by atoms with Crippen LogP contribution in [0.4, 0.5) is 5.13 Å². The fraction of sp³-hybridized carbons (Fsp3) is 0.545. The summed E-state index contributed by atoms with van der Waals surface area (Å²) in [6.07, 6.45) is 0. The fourth-order valence-electron chi connectivity index (χ4n) is 1.28. The van der Waals surface area contributed by atoms with E-state index in [-0.39, 0.29) is 17.6 Å². The summed E-state index contributed by atoms with van der Waals surface area (Å²) in [6, 6.07) is 0. The summed E-state index contributed by atoms with van der Waals surface area (Å²) in [4.78, 5) is 26.7. The van der Waals surface area contributed by atoms with E-state index in [2.05, 4.69) is 10.3 Å². The van der Waals surface area contributed by atoms with Gasteiger partial charge in [0.25, 0.3) is 0 Å². The molecule has 1 aromatic rings. The van der Waals surface area contributed by atoms with Gasteiger partial charge in [0.05, 0.1) is 11.4 Å². The number of aryl methyl sites for hydroxylation is 1. The number of aromatic nitrogens is 1. The van der Waals surface area contributed by atoms with E-state index in [1.165, 1.54) is 11.3 Å². The van der Waals surface area contributed by atoms with Gasteiger partial charge in [-0.1, -0.05) is 13.8 Å². The lowest BCUT2D eigenvalue weighted by Crippen LogP contribution is -2.25. The molecule has 7 heteroatoms. The first kappa shape index (κ1) is 15.0. The molecule has 5 nitrogen and oxygen atoms in total. The van der Waals surface area contributed by atoms with Gasteiger partial charge in [-0.25, -0.2) is 4.98 Å². The number of nitrogens with one attached hydrogen (secondary N) is 1. The minimum Gasteiger partial charge on any atom is -0.480 e. The van der Waals surface area contributed by atoms with Gasteiger partial charge < -0.3 is 10.4 Å². The Balaban J connectivity index is 2.43. The minimum absolute atomic E-state index is 0.0117. The number of carboxylic acid groups (broad SMARTS) is 1. The summed E-state index contributed by atoms with van der Waals surface area (Å²) in [6.45, 7) is 5.50. The van der Waals surface area contributed by atoms with E-state index in [0.717, 1.165) is 17.5 Å². The number of anilines is 1. The number of carbonyl (C=O) groups is 2. The number of amides is 1. The lowest BCUT2D eigenvalue weighted by molar-refractivity contribution is -0.137. The molecular formula is C11H16N2O3S2. The summed E-state index contributed by atoms with van der Waals surface area (Å²) >= 11 is 2.49. The van der Waals surface area contributed by atoms with E-state index in [1.807, 2.05) is 26.2 Å². The van der Waals surface area contributed by atoms with Crippen molar-refractivity contribution < 1.29 is 14.7 Å². The van der Waals surface area contributed by atoms with Crippen molar-refractivity contribution in [3.63, 3.8) is 0 Å². The molecular weight excluding hydrogens is 272 g/mol. The van der Waals surface area contributed by atoms with Gasteiger partial charge in [0.1, 0.15) is 5.25 Å². The Kier molecular flexibility index (Phi) is 5.61. The third-order valence-corrected chi connectivity index (χ3v) is 4.52. The van der Waals surface area contributed by atoms with Crippen molar-refractivity contribution in [2.24, 2.45) is 5.92 Å². The van der Waals surface area contributed by atoms with Crippen molar-refractivity contribution in [2.45, 2.75) is 26.0 Å². The minimum atomic E-state index is -0.882. The molecule has 0 fully saturated rings. The summed E-state index contributed by atoms with van der Waals surface area (Å²) in [5, 5.41) is 13.5. The number of nitrogens with zero attached hydrogens (tertiary/aromatic N) is 1. The molecule has 1 atom stereocenters. The highest BCUT2D eigenvalue weighted by atomic mass is 32.2. The molecule has 1 rings (SSSR count). The molecule has 1 unspecified atom stereocenters. The molecule has 1 aromatic heterocycles. The Morgan fingerprint density at radius 2 is 2.22 bits per heavy atom. The highest BCUT2D eigenvalue weighted by Gasteiger charge is 2.23. The number of thioether (sulfide) groups is 1. The van der Waals surface area contributed by atoms with E-state index in [0.29, 0.717) is 5.13 Å². The molecule has 0 spiro atoms. The van der Waals surface area contributed by atoms with Crippen LogP contribution < -0.4 is 5.32 Å². The monoisotopic (exact) mass is 288 g/mol. The van der Waals surface area contributed by atoms with Crippen LogP contribution in [0.2, 0.25) is 0 Å². The quantitative estimate of drug-likeness (QED) is 0.839. The smallest absolute Gasteiger partial charge is 0.316 e. The first-order chi connectivity index (χ1) is 8.40. The second-order valence-corrected chi connectivity index (χ2v) is 6.14. The van der Waals surface area contributed by atoms with Crippen LogP contribution in [0.1, 0.15) is 19.5 Å². The summed E-state index contributed by atoms with van der Waals surface area (Å²) < 4.78 is 0. The Morgan fingerprint density at radius 3 is 2.67 bits per heavy atom. The molecule has 0 saturated carbocycles. The van der Waals surface area contributed by atoms with E-state index in [1.54, 1.807) is 0 Å². The third kappa shape index (κ3) is 4.66. The van der Waals surface area contributed by atoms with Crippen molar-refractivity contribution in [1.29, 1.82) is 0 Å². The third-order valence-electron chi connectivity index (χ3n) is 2.11. The van der Waals surface area contributed by atoms with Crippen molar-refractivity contribution in [3.8, 4) is 0 Å². The lowest BCUT2D eigenvalue weighted by Gasteiger charge is -2.14. The Morgan fingerprint density at radius 1 is 1.56 bits per heavy atom. The van der Waals surface area contributed by atoms with Gasteiger partial charge in [-0.15, -0.1) is 23.1 Å². The maximum atomic E-state index is 11.6. The lowest BCUT2D eigenvalue weighted by atomic mass is 10.1. The number of rotatable bonds is 6. The molecule has 0 aliphatic heterocycles. The van der Waals surface area contributed by atoms with E-state index in [9.17, 15) is 9.59 Å². The molecule has 1 amide bonds. The molecule has 0 saturated heterocycles. The van der Waals surface area contributed by atoms with Gasteiger partial charge in [-0.2, -0.15) is 0 Å². The van der Waals surface area contributed by atoms with Crippen LogP contribution in [-0.2, 0) is 9.59 Å². The van der Waals surface area contributed by atoms with Gasteiger partial charge in [0.15, 0.2) is 5.13 Å². The Hall–Kier alpha value is -1.08. The first-order valence-corrected chi connectivity index (χ1v) is 7.39. The van der Waals surface area contributed by atoms with Crippen molar-refractivity contribution in [2.75, 3.05) is 11.1 Å². The maximum Gasteiger partial charge on any atom is 0.316 e. The second kappa shape index (κ2) is 6.75. The highest BCUT2D eigenvalue weighted by molar-refractivity contribution is 8.01. The van der Waals surface area contributed by atoms with Crippen LogP contribution in [0.15, 0.2) is 5.38 Å². The molecule has 1 heterocycles. The fourth-order valence-corrected chi connectivity index (χ4v) is 2.92. The van der Waals surface area contributed by atoms with Crippen molar-refractivity contribution in [1.82, 2.24) is 4.98 Å². The molecule has 2 N–H and O–H groups in total. The molecule has 0 aliphatic rings. The average molecular weight is 288 g/mol. The number of thiazole rings is 1. The van der Waals surface area contributed by atoms with Gasteiger partial charge in [0.2, 0.25) is 5.91 Å². The number of hydrogen-bond acceptors (Lipinski definition) is 5. The SMILES string of the molecule is Cc1csc(NC(=O)CSC(C(=O)O)C(C)C)n1. The van der Waals surface area contributed by atoms with Gasteiger partial charge >= 0.3 is 5.97 Å². The zero-order chi connectivity index (χ0) is 13.7.